The van der Waals surface area contributed by atoms with Crippen LogP contribution in [0.25, 0.3) is 0 Å². The van der Waals surface area contributed by atoms with Crippen molar-refractivity contribution >= 4 is 14.1 Å². The Bertz CT molecular complexity index is 85.1. The highest BCUT2D eigenvalue weighted by Crippen LogP contribution is 2.06. The van der Waals surface area contributed by atoms with E-state index in [0.29, 0.717) is 0 Å². The number of hydrogen-bond donors (Lipinski definition) is 0. The van der Waals surface area contributed by atoms with Gasteiger partial charge in [-0.1, -0.05) is 13.3 Å². The lowest BCUT2D eigenvalue weighted by Crippen LogP contribution is -2.29. The Balaban J connectivity index is 0.000000261. The predicted molar refractivity (Wildman–Crippen MR) is 59.3 cm³/mol. The molecular formula is C10H24AlN. The maximum absolute atomic E-state index is 2.52. The smallest absolute Gasteiger partial charge is 0.251 e. The second kappa shape index (κ2) is 8.11. The Hall–Kier alpha value is 0.492. The zero-order chi connectivity index (χ0) is 9.40. The summed E-state index contributed by atoms with van der Waals surface area (Å²) in [5.74, 6) is 6.92. The highest BCUT2D eigenvalue weighted by molar-refractivity contribution is 6.54. The highest BCUT2D eigenvalue weighted by atomic mass is 27.2. The number of hydrogen-bond acceptors (Lipinski definition) is 1. The van der Waals surface area contributed by atoms with Crippen LogP contribution in [0.5, 0.6) is 0 Å². The van der Waals surface area contributed by atoms with E-state index in [1.807, 2.05) is 0 Å². The highest BCUT2D eigenvalue weighted by Gasteiger charge is 2.05. The van der Waals surface area contributed by atoms with E-state index in [0.717, 1.165) is 0 Å². The minimum atomic E-state index is -0.139. The Morgan fingerprint density at radius 1 is 1.00 bits per heavy atom. The topological polar surface area (TPSA) is 3.24 Å². The molecule has 0 unspecified atom stereocenters. The van der Waals surface area contributed by atoms with Crippen molar-refractivity contribution in [2.45, 2.75) is 43.5 Å². The molecule has 1 nitrogen and oxygen atoms in total. The van der Waals surface area contributed by atoms with Crippen LogP contribution in [0.4, 0.5) is 0 Å². The summed E-state index contributed by atoms with van der Waals surface area (Å²) in [6, 6.07) is 0. The van der Waals surface area contributed by atoms with Crippen LogP contribution < -0.4 is 0 Å². The van der Waals surface area contributed by atoms with Crippen molar-refractivity contribution < 1.29 is 0 Å². The second-order valence-corrected chi connectivity index (χ2v) is 7.69. The Morgan fingerprint density at radius 3 is 1.67 bits per heavy atom. The summed E-state index contributed by atoms with van der Waals surface area (Å²) in [6.07, 6.45) is 4.30. The van der Waals surface area contributed by atoms with Crippen LogP contribution in [0.2, 0.25) is 17.4 Å². The van der Waals surface area contributed by atoms with Gasteiger partial charge in [-0.15, -0.1) is 17.4 Å². The van der Waals surface area contributed by atoms with E-state index in [1.54, 1.807) is 0 Å². The molecule has 1 rings (SSSR count). The molecule has 0 spiro atoms. The fourth-order valence-corrected chi connectivity index (χ4v) is 1.28. The average molecular weight is 185 g/mol. The van der Waals surface area contributed by atoms with Crippen LogP contribution in [0.1, 0.15) is 26.2 Å². The van der Waals surface area contributed by atoms with Gasteiger partial charge in [-0.3, -0.25) is 0 Å². The molecular weight excluding hydrogens is 161 g/mol. The van der Waals surface area contributed by atoms with Crippen LogP contribution in [0, 0.1) is 0 Å². The maximum atomic E-state index is 2.52. The Kier molecular flexibility index (Phi) is 8.44. The molecule has 1 fully saturated rings. The second-order valence-electron chi connectivity index (χ2n) is 4.23. The first-order valence-corrected chi connectivity index (χ1v) is 8.85. The van der Waals surface area contributed by atoms with Crippen LogP contribution in [0.15, 0.2) is 0 Å². The molecule has 2 heteroatoms. The summed E-state index contributed by atoms with van der Waals surface area (Å²) in [4.78, 5) is 2.52. The van der Waals surface area contributed by atoms with Crippen molar-refractivity contribution in [2.24, 2.45) is 0 Å². The third-order valence-corrected chi connectivity index (χ3v) is 1.90. The molecule has 1 aliphatic heterocycles. The van der Waals surface area contributed by atoms with Gasteiger partial charge in [-0.25, -0.2) is 0 Å². The number of nitrogens with zero attached hydrogens (tertiary/aromatic N) is 1. The van der Waals surface area contributed by atoms with Crippen LogP contribution in [-0.2, 0) is 0 Å². The monoisotopic (exact) mass is 185 g/mol. The van der Waals surface area contributed by atoms with Crippen molar-refractivity contribution in [3.8, 4) is 0 Å². The first-order valence-electron chi connectivity index (χ1n) is 5.39. The molecule has 1 heterocycles. The molecule has 0 aromatic carbocycles. The summed E-state index contributed by atoms with van der Waals surface area (Å²) in [5, 5.41) is 0. The van der Waals surface area contributed by atoms with Gasteiger partial charge >= 0.3 is 0 Å². The third kappa shape index (κ3) is 8.59. The normalized spacial score (nSPS) is 18.0. The van der Waals surface area contributed by atoms with E-state index in [4.69, 9.17) is 0 Å². The average Bonchev–Trinajstić information content (AvgIpc) is 2.05. The number of likely N-dealkylation sites (tertiary alicyclic amines) is 1. The van der Waals surface area contributed by atoms with Crippen LogP contribution >= 0.6 is 0 Å². The van der Waals surface area contributed by atoms with Crippen molar-refractivity contribution in [1.82, 2.24) is 4.90 Å². The van der Waals surface area contributed by atoms with Gasteiger partial charge in [0.1, 0.15) is 0 Å². The molecule has 0 bridgehead atoms. The van der Waals surface area contributed by atoms with Gasteiger partial charge in [0.05, 0.1) is 0 Å². The third-order valence-electron chi connectivity index (χ3n) is 1.90. The summed E-state index contributed by atoms with van der Waals surface area (Å²) < 4.78 is 0. The quantitative estimate of drug-likeness (QED) is 0.568. The van der Waals surface area contributed by atoms with Crippen molar-refractivity contribution in [3.63, 3.8) is 0 Å². The van der Waals surface area contributed by atoms with Crippen molar-refractivity contribution in [2.75, 3.05) is 19.6 Å². The van der Waals surface area contributed by atoms with E-state index in [9.17, 15) is 0 Å². The summed E-state index contributed by atoms with van der Waals surface area (Å²) in [5.41, 5.74) is 0. The first kappa shape index (κ1) is 12.5. The minimum Gasteiger partial charge on any atom is -0.304 e. The molecule has 0 saturated carbocycles. The van der Waals surface area contributed by atoms with E-state index >= 15 is 0 Å². The van der Waals surface area contributed by atoms with Gasteiger partial charge in [0.25, 0.3) is 14.1 Å². The Morgan fingerprint density at radius 2 is 1.42 bits per heavy atom. The lowest BCUT2D eigenvalue weighted by atomic mass is 10.1. The zero-order valence-corrected chi connectivity index (χ0v) is 10.4. The molecule has 72 valence electrons. The van der Waals surface area contributed by atoms with E-state index in [1.165, 1.54) is 38.9 Å². The predicted octanol–water partition coefficient (Wildman–Crippen LogP) is 2.86. The molecule has 0 amide bonds. The number of rotatable bonds is 1. The Labute approximate surface area is 82.5 Å². The lowest BCUT2D eigenvalue weighted by molar-refractivity contribution is 0.240. The summed E-state index contributed by atoms with van der Waals surface area (Å²) >= 11 is -0.139. The van der Waals surface area contributed by atoms with Gasteiger partial charge in [0.2, 0.25) is 0 Å². The molecule has 0 aliphatic carbocycles. The van der Waals surface area contributed by atoms with Crippen LogP contribution in [-0.4, -0.2) is 38.7 Å². The summed E-state index contributed by atoms with van der Waals surface area (Å²) in [6.45, 7) is 6.18. The molecule has 0 radical (unpaired) electrons. The molecule has 1 aliphatic rings. The molecule has 0 aromatic heterocycles. The number of piperidine rings is 1. The largest absolute Gasteiger partial charge is 0.304 e. The molecule has 0 aromatic rings. The van der Waals surface area contributed by atoms with Crippen molar-refractivity contribution in [1.29, 1.82) is 0 Å². The summed E-state index contributed by atoms with van der Waals surface area (Å²) in [7, 11) is 0. The van der Waals surface area contributed by atoms with Gasteiger partial charge in [0.15, 0.2) is 0 Å². The fourth-order valence-electron chi connectivity index (χ4n) is 1.28. The van der Waals surface area contributed by atoms with E-state index < -0.39 is 0 Å². The van der Waals surface area contributed by atoms with Crippen molar-refractivity contribution in [3.05, 3.63) is 0 Å². The van der Waals surface area contributed by atoms with Gasteiger partial charge in [-0.2, -0.15) is 0 Å². The molecule has 1 saturated heterocycles. The maximum Gasteiger partial charge on any atom is 0.251 e. The van der Waals surface area contributed by atoms with E-state index in [2.05, 4.69) is 29.2 Å². The standard InChI is InChI=1S/C7H15N.3CH3.Al/c1-2-8-6-4-3-5-7-8;;;;/h2-7H2,1H3;3*1H3;. The minimum absolute atomic E-state index is 0.139. The molecule has 12 heavy (non-hydrogen) atoms. The zero-order valence-electron chi connectivity index (χ0n) is 9.27. The molecule has 0 atom stereocenters. The van der Waals surface area contributed by atoms with Gasteiger partial charge in [0, 0.05) is 0 Å². The van der Waals surface area contributed by atoms with Crippen LogP contribution in [0.3, 0.4) is 0 Å². The van der Waals surface area contributed by atoms with Gasteiger partial charge < -0.3 is 4.90 Å². The first-order chi connectivity index (χ1) is 5.66. The fraction of sp³-hybridized carbons (Fsp3) is 1.00. The SMILES string of the molecule is CCN1CCCCC1.[CH3][Al]([CH3])[CH3]. The molecule has 0 N–H and O–H groups in total. The lowest BCUT2D eigenvalue weighted by Gasteiger charge is -2.24. The van der Waals surface area contributed by atoms with Gasteiger partial charge in [-0.05, 0) is 32.5 Å². The van der Waals surface area contributed by atoms with E-state index in [-0.39, 0.29) is 14.1 Å².